The molecule has 134 valence electrons. The van der Waals surface area contributed by atoms with Gasteiger partial charge in [0.25, 0.3) is 6.02 Å². The number of amidine groups is 1. The lowest BCUT2D eigenvalue weighted by molar-refractivity contribution is 0.146. The third kappa shape index (κ3) is 3.83. The average molecular weight is 340 g/mol. The fourth-order valence-electron chi connectivity index (χ4n) is 3.99. The molecule has 1 aromatic carbocycles. The first-order chi connectivity index (χ1) is 12.1. The second kappa shape index (κ2) is 6.74. The van der Waals surface area contributed by atoms with Crippen molar-refractivity contribution in [1.82, 2.24) is 4.90 Å². The van der Waals surface area contributed by atoms with Crippen LogP contribution < -0.4 is 4.74 Å². The van der Waals surface area contributed by atoms with Gasteiger partial charge >= 0.3 is 0 Å². The van der Waals surface area contributed by atoms with Crippen LogP contribution in [0.25, 0.3) is 0 Å². The van der Waals surface area contributed by atoms with Crippen molar-refractivity contribution in [3.05, 3.63) is 42.1 Å². The summed E-state index contributed by atoms with van der Waals surface area (Å²) in [6, 6.07) is 9.43. The topological polar surface area (TPSA) is 34.1 Å². The zero-order valence-electron chi connectivity index (χ0n) is 15.3. The molecule has 0 bridgehead atoms. The van der Waals surface area contributed by atoms with Crippen LogP contribution in [-0.2, 0) is 4.74 Å². The zero-order chi connectivity index (χ0) is 17.3. The molecule has 3 aliphatic rings. The SMILES string of the molecule is CC1(C)CCC(c2ccc(OCC3CN4CC=CN=C4O3)cc2)CC1. The lowest BCUT2D eigenvalue weighted by Gasteiger charge is -2.34. The highest BCUT2D eigenvalue weighted by molar-refractivity contribution is 5.77. The molecule has 0 amide bonds. The molecule has 25 heavy (non-hydrogen) atoms. The smallest absolute Gasteiger partial charge is 0.292 e. The summed E-state index contributed by atoms with van der Waals surface area (Å²) in [7, 11) is 0. The zero-order valence-corrected chi connectivity index (χ0v) is 15.3. The van der Waals surface area contributed by atoms with E-state index in [1.807, 2.05) is 6.08 Å². The molecule has 2 heterocycles. The third-order valence-corrected chi connectivity index (χ3v) is 5.71. The van der Waals surface area contributed by atoms with Crippen molar-refractivity contribution < 1.29 is 9.47 Å². The van der Waals surface area contributed by atoms with Crippen LogP contribution >= 0.6 is 0 Å². The van der Waals surface area contributed by atoms with Gasteiger partial charge in [0.15, 0.2) is 6.10 Å². The number of rotatable bonds is 4. The van der Waals surface area contributed by atoms with Crippen molar-refractivity contribution in [1.29, 1.82) is 0 Å². The van der Waals surface area contributed by atoms with Crippen molar-refractivity contribution in [2.24, 2.45) is 10.4 Å². The van der Waals surface area contributed by atoms with E-state index in [4.69, 9.17) is 9.47 Å². The van der Waals surface area contributed by atoms with Gasteiger partial charge in [-0.1, -0.05) is 26.0 Å². The highest BCUT2D eigenvalue weighted by atomic mass is 16.6. The molecule has 1 unspecified atom stereocenters. The van der Waals surface area contributed by atoms with E-state index < -0.39 is 0 Å². The number of hydrogen-bond acceptors (Lipinski definition) is 4. The van der Waals surface area contributed by atoms with E-state index in [-0.39, 0.29) is 6.10 Å². The van der Waals surface area contributed by atoms with Crippen LogP contribution in [0.1, 0.15) is 51.0 Å². The monoisotopic (exact) mass is 340 g/mol. The van der Waals surface area contributed by atoms with E-state index in [1.165, 1.54) is 31.2 Å². The van der Waals surface area contributed by atoms with Crippen LogP contribution in [0.4, 0.5) is 0 Å². The lowest BCUT2D eigenvalue weighted by Crippen LogP contribution is -2.28. The average Bonchev–Trinajstić information content (AvgIpc) is 3.03. The van der Waals surface area contributed by atoms with E-state index in [0.29, 0.717) is 17.9 Å². The molecule has 2 aliphatic heterocycles. The highest BCUT2D eigenvalue weighted by Gasteiger charge is 2.30. The first kappa shape index (κ1) is 16.5. The Bertz CT molecular complexity index is 653. The molecule has 4 heteroatoms. The standard InChI is InChI=1S/C21H28N2O2/c1-21(2)10-8-17(9-11-21)16-4-6-18(7-5-16)24-15-19-14-23-13-3-12-22-20(23)25-19/h3-7,12,17,19H,8-11,13-15H2,1-2H3. The van der Waals surface area contributed by atoms with E-state index in [0.717, 1.165) is 24.9 Å². The minimum absolute atomic E-state index is 0.0545. The van der Waals surface area contributed by atoms with Gasteiger partial charge in [0.05, 0.1) is 6.54 Å². The number of ether oxygens (including phenoxy) is 2. The van der Waals surface area contributed by atoms with Crippen LogP contribution in [0.3, 0.4) is 0 Å². The highest BCUT2D eigenvalue weighted by Crippen LogP contribution is 2.42. The summed E-state index contributed by atoms with van der Waals surface area (Å²) in [5, 5.41) is 0. The summed E-state index contributed by atoms with van der Waals surface area (Å²) >= 11 is 0. The summed E-state index contributed by atoms with van der Waals surface area (Å²) < 4.78 is 11.8. The van der Waals surface area contributed by atoms with Crippen molar-refractivity contribution in [2.45, 2.75) is 51.6 Å². The Labute approximate surface area is 150 Å². The van der Waals surface area contributed by atoms with Gasteiger partial charge in [-0.05, 0) is 60.8 Å². The number of benzene rings is 1. The van der Waals surface area contributed by atoms with Gasteiger partial charge in [0.2, 0.25) is 0 Å². The largest absolute Gasteiger partial charge is 0.490 e. The molecule has 0 radical (unpaired) electrons. The maximum Gasteiger partial charge on any atom is 0.292 e. The predicted molar refractivity (Wildman–Crippen MR) is 99.9 cm³/mol. The summed E-state index contributed by atoms with van der Waals surface area (Å²) in [4.78, 5) is 6.40. The second-order valence-corrected chi connectivity index (χ2v) is 8.26. The quantitative estimate of drug-likeness (QED) is 0.818. The Morgan fingerprint density at radius 3 is 2.68 bits per heavy atom. The molecule has 4 rings (SSSR count). The van der Waals surface area contributed by atoms with Crippen LogP contribution in [0.15, 0.2) is 41.5 Å². The molecule has 1 atom stereocenters. The van der Waals surface area contributed by atoms with Crippen molar-refractivity contribution in [2.75, 3.05) is 19.7 Å². The maximum absolute atomic E-state index is 5.94. The van der Waals surface area contributed by atoms with Crippen molar-refractivity contribution >= 4 is 6.02 Å². The number of fused-ring (bicyclic) bond motifs is 1. The van der Waals surface area contributed by atoms with Gasteiger partial charge in [0.1, 0.15) is 12.4 Å². The van der Waals surface area contributed by atoms with Gasteiger partial charge in [-0.25, -0.2) is 4.99 Å². The van der Waals surface area contributed by atoms with Crippen LogP contribution in [0.2, 0.25) is 0 Å². The predicted octanol–water partition coefficient (Wildman–Crippen LogP) is 4.33. The Balaban J connectivity index is 1.28. The molecule has 1 saturated heterocycles. The van der Waals surface area contributed by atoms with Gasteiger partial charge in [-0.3, -0.25) is 0 Å². The first-order valence-corrected chi connectivity index (χ1v) is 9.46. The molecular formula is C21H28N2O2. The fourth-order valence-corrected chi connectivity index (χ4v) is 3.99. The van der Waals surface area contributed by atoms with E-state index >= 15 is 0 Å². The Morgan fingerprint density at radius 2 is 1.96 bits per heavy atom. The molecular weight excluding hydrogens is 312 g/mol. The molecule has 2 fully saturated rings. The molecule has 1 saturated carbocycles. The van der Waals surface area contributed by atoms with Gasteiger partial charge in [0, 0.05) is 12.7 Å². The third-order valence-electron chi connectivity index (χ3n) is 5.71. The number of nitrogens with zero attached hydrogens (tertiary/aromatic N) is 2. The molecule has 0 N–H and O–H groups in total. The molecule has 0 aromatic heterocycles. The first-order valence-electron chi connectivity index (χ1n) is 9.46. The van der Waals surface area contributed by atoms with Crippen LogP contribution in [-0.4, -0.2) is 36.7 Å². The Morgan fingerprint density at radius 1 is 1.20 bits per heavy atom. The normalized spacial score (nSPS) is 25.3. The Hall–Kier alpha value is -1.97. The molecule has 0 spiro atoms. The van der Waals surface area contributed by atoms with Crippen LogP contribution in [0, 0.1) is 5.41 Å². The van der Waals surface area contributed by atoms with Crippen molar-refractivity contribution in [3.8, 4) is 5.75 Å². The van der Waals surface area contributed by atoms with Gasteiger partial charge in [-0.2, -0.15) is 0 Å². The minimum Gasteiger partial charge on any atom is -0.490 e. The van der Waals surface area contributed by atoms with Crippen LogP contribution in [0.5, 0.6) is 5.75 Å². The summed E-state index contributed by atoms with van der Waals surface area (Å²) in [5.41, 5.74) is 1.98. The minimum atomic E-state index is 0.0545. The Kier molecular flexibility index (Phi) is 4.45. The summed E-state index contributed by atoms with van der Waals surface area (Å²) in [6.07, 6.45) is 9.15. The number of hydrogen-bond donors (Lipinski definition) is 0. The molecule has 1 aliphatic carbocycles. The van der Waals surface area contributed by atoms with E-state index in [1.54, 1.807) is 6.20 Å². The lowest BCUT2D eigenvalue weighted by atomic mass is 9.71. The molecule has 1 aromatic rings. The fraction of sp³-hybridized carbons (Fsp3) is 0.571. The second-order valence-electron chi connectivity index (χ2n) is 8.26. The summed E-state index contributed by atoms with van der Waals surface area (Å²) in [5.74, 6) is 1.63. The van der Waals surface area contributed by atoms with Gasteiger partial charge < -0.3 is 14.4 Å². The van der Waals surface area contributed by atoms with Gasteiger partial charge in [-0.15, -0.1) is 0 Å². The van der Waals surface area contributed by atoms with E-state index in [2.05, 4.69) is 48.0 Å². The number of aliphatic imine (C=N–C) groups is 1. The van der Waals surface area contributed by atoms with E-state index in [9.17, 15) is 0 Å². The molecule has 4 nitrogen and oxygen atoms in total. The van der Waals surface area contributed by atoms with Crippen molar-refractivity contribution in [3.63, 3.8) is 0 Å². The summed E-state index contributed by atoms with van der Waals surface area (Å²) in [6.45, 7) is 7.06. The maximum atomic E-state index is 5.94.